The van der Waals surface area contributed by atoms with Crippen molar-refractivity contribution in [2.24, 2.45) is 11.5 Å². The summed E-state index contributed by atoms with van der Waals surface area (Å²) >= 11 is 1.59. The van der Waals surface area contributed by atoms with Gasteiger partial charge in [-0.25, -0.2) is 15.0 Å². The minimum atomic E-state index is 0.425. The van der Waals surface area contributed by atoms with Gasteiger partial charge < -0.3 is 32.2 Å². The van der Waals surface area contributed by atoms with E-state index in [-0.39, 0.29) is 0 Å². The normalized spacial score (nSPS) is 15.3. The number of nitrogens with one attached hydrogen (secondary N) is 3. The minimum absolute atomic E-state index is 0.425. The molecule has 1 aliphatic heterocycles. The summed E-state index contributed by atoms with van der Waals surface area (Å²) in [5.41, 5.74) is 16.9. The molecule has 5 rings (SSSR count). The summed E-state index contributed by atoms with van der Waals surface area (Å²) in [4.78, 5) is 13.0. The molecule has 2 aromatic heterocycles. The molecule has 1 fully saturated rings. The first-order chi connectivity index (χ1) is 17.6. The molecule has 3 heterocycles. The molecule has 4 aromatic rings. The van der Waals surface area contributed by atoms with Gasteiger partial charge in [-0.05, 0) is 43.7 Å². The van der Waals surface area contributed by atoms with Gasteiger partial charge in [-0.2, -0.15) is 0 Å². The first kappa shape index (κ1) is 27.0. The summed E-state index contributed by atoms with van der Waals surface area (Å²) in [6, 6.07) is 10.1. The van der Waals surface area contributed by atoms with E-state index in [0.29, 0.717) is 28.7 Å². The van der Waals surface area contributed by atoms with Gasteiger partial charge in [0.05, 0.1) is 28.4 Å². The lowest BCUT2D eigenvalue weighted by Crippen LogP contribution is -2.39. The highest BCUT2D eigenvalue weighted by atomic mass is 32.1. The number of allylic oxidation sites excluding steroid dienone is 1. The highest BCUT2D eigenvalue weighted by Crippen LogP contribution is 2.33. The van der Waals surface area contributed by atoms with E-state index in [1.54, 1.807) is 18.4 Å². The van der Waals surface area contributed by atoms with E-state index in [9.17, 15) is 0 Å². The Morgan fingerprint density at radius 2 is 2.03 bits per heavy atom. The number of methoxy groups -OCH3 is 1. The second-order valence-electron chi connectivity index (χ2n) is 7.82. The number of aromatic nitrogens is 3. The van der Waals surface area contributed by atoms with Crippen molar-refractivity contribution in [3.63, 3.8) is 0 Å². The summed E-state index contributed by atoms with van der Waals surface area (Å²) in [5, 5.41) is 15.0. The van der Waals surface area contributed by atoms with Crippen molar-refractivity contribution in [3.8, 4) is 5.75 Å². The molecule has 9 nitrogen and oxygen atoms in total. The SMILES string of the molecule is CC.COc1cc2ncnc(Nc3ccc4ncsc4c3)c2cc1/C(C=N)=C/N.NC1CCCNC1. The van der Waals surface area contributed by atoms with Crippen LogP contribution in [0.25, 0.3) is 26.7 Å². The minimum Gasteiger partial charge on any atom is -0.496 e. The fourth-order valence-corrected chi connectivity index (χ4v) is 4.46. The molecular weight excluding hydrogens is 472 g/mol. The highest BCUT2D eigenvalue weighted by Gasteiger charge is 2.13. The molecule has 190 valence electrons. The molecule has 0 radical (unpaired) electrons. The van der Waals surface area contributed by atoms with Crippen LogP contribution < -0.4 is 26.8 Å². The molecule has 1 aliphatic rings. The van der Waals surface area contributed by atoms with E-state index < -0.39 is 0 Å². The molecule has 7 N–H and O–H groups in total. The standard InChI is InChI=1S/C19H16N6OS.C5H12N2.C2H6/c1-26-17-6-16-14(5-13(17)11(7-20)8-21)19(23-9-22-16)25-12-2-3-15-18(4-12)27-10-24-15;6-5-2-1-3-7-4-5;1-2/h2-10,20H,21H2,1H3,(H,22,23,25);5,7H,1-4,6H2;1-2H3/b11-8+,20-7?;;. The molecule has 1 unspecified atom stereocenters. The molecule has 2 aromatic carbocycles. The van der Waals surface area contributed by atoms with Crippen LogP contribution in [0.3, 0.4) is 0 Å². The number of thiazole rings is 1. The number of piperidine rings is 1. The van der Waals surface area contributed by atoms with Crippen LogP contribution in [0.15, 0.2) is 48.4 Å². The number of nitrogens with zero attached hydrogens (tertiary/aromatic N) is 3. The second-order valence-corrected chi connectivity index (χ2v) is 8.71. The van der Waals surface area contributed by atoms with Gasteiger partial charge in [-0.15, -0.1) is 11.3 Å². The second kappa shape index (κ2) is 13.5. The topological polar surface area (TPSA) is 148 Å². The van der Waals surface area contributed by atoms with Crippen LogP contribution >= 0.6 is 11.3 Å². The molecule has 0 spiro atoms. The Kier molecular flexibility index (Phi) is 10.1. The average Bonchev–Trinajstić information content (AvgIpc) is 3.39. The van der Waals surface area contributed by atoms with Crippen molar-refractivity contribution in [2.75, 3.05) is 25.5 Å². The number of rotatable bonds is 5. The molecule has 0 aliphatic carbocycles. The maximum absolute atomic E-state index is 7.59. The fourth-order valence-electron chi connectivity index (χ4n) is 3.74. The van der Waals surface area contributed by atoms with Crippen LogP contribution in [0, 0.1) is 5.41 Å². The highest BCUT2D eigenvalue weighted by molar-refractivity contribution is 7.16. The molecule has 0 amide bonds. The van der Waals surface area contributed by atoms with E-state index >= 15 is 0 Å². The zero-order chi connectivity index (χ0) is 25.9. The predicted octanol–water partition coefficient (Wildman–Crippen LogP) is 4.66. The van der Waals surface area contributed by atoms with Gasteiger partial charge in [0.15, 0.2) is 0 Å². The van der Waals surface area contributed by atoms with Crippen LogP contribution in [-0.4, -0.2) is 47.4 Å². The van der Waals surface area contributed by atoms with Gasteiger partial charge in [0, 0.05) is 53.3 Å². The van der Waals surface area contributed by atoms with Crippen LogP contribution in [0.2, 0.25) is 0 Å². The van der Waals surface area contributed by atoms with E-state index in [1.807, 2.05) is 49.7 Å². The Morgan fingerprint density at radius 3 is 2.67 bits per heavy atom. The predicted molar refractivity (Wildman–Crippen MR) is 151 cm³/mol. The van der Waals surface area contributed by atoms with E-state index in [4.69, 9.17) is 21.6 Å². The van der Waals surface area contributed by atoms with Crippen LogP contribution in [0.5, 0.6) is 5.75 Å². The number of nitrogens with two attached hydrogens (primary N) is 2. The molecular formula is C26H34N8OS. The van der Waals surface area contributed by atoms with Crippen molar-refractivity contribution in [1.82, 2.24) is 20.3 Å². The molecule has 0 saturated carbocycles. The van der Waals surface area contributed by atoms with Gasteiger partial charge in [0.25, 0.3) is 0 Å². The van der Waals surface area contributed by atoms with E-state index in [0.717, 1.165) is 39.9 Å². The largest absolute Gasteiger partial charge is 0.496 e. The summed E-state index contributed by atoms with van der Waals surface area (Å²) in [6.07, 6.45) is 6.53. The third-order valence-electron chi connectivity index (χ3n) is 5.53. The zero-order valence-corrected chi connectivity index (χ0v) is 21.7. The summed E-state index contributed by atoms with van der Waals surface area (Å²) in [5.74, 6) is 1.26. The summed E-state index contributed by atoms with van der Waals surface area (Å²) < 4.78 is 6.54. The van der Waals surface area contributed by atoms with Crippen LogP contribution in [0.1, 0.15) is 32.3 Å². The van der Waals surface area contributed by atoms with Crippen molar-refractivity contribution in [1.29, 1.82) is 5.41 Å². The summed E-state index contributed by atoms with van der Waals surface area (Å²) in [7, 11) is 1.58. The smallest absolute Gasteiger partial charge is 0.141 e. The fraction of sp³-hybridized carbons (Fsp3) is 0.308. The molecule has 36 heavy (non-hydrogen) atoms. The number of hydrogen-bond acceptors (Lipinski definition) is 10. The van der Waals surface area contributed by atoms with Gasteiger partial charge in [0.1, 0.15) is 17.9 Å². The first-order valence-corrected chi connectivity index (χ1v) is 12.8. The average molecular weight is 507 g/mol. The lowest BCUT2D eigenvalue weighted by molar-refractivity contribution is 0.414. The number of ether oxygens (including phenoxy) is 1. The van der Waals surface area contributed by atoms with Gasteiger partial charge >= 0.3 is 0 Å². The van der Waals surface area contributed by atoms with Crippen molar-refractivity contribution in [2.45, 2.75) is 32.7 Å². The van der Waals surface area contributed by atoms with Crippen LogP contribution in [0.4, 0.5) is 11.5 Å². The Hall–Kier alpha value is -3.60. The monoisotopic (exact) mass is 506 g/mol. The maximum atomic E-state index is 7.59. The number of benzene rings is 2. The quantitative estimate of drug-likeness (QED) is 0.245. The van der Waals surface area contributed by atoms with Crippen molar-refractivity contribution in [3.05, 3.63) is 53.9 Å². The maximum Gasteiger partial charge on any atom is 0.141 e. The Bertz CT molecular complexity index is 1310. The molecule has 1 saturated heterocycles. The third-order valence-corrected chi connectivity index (χ3v) is 6.32. The molecule has 0 bridgehead atoms. The zero-order valence-electron chi connectivity index (χ0n) is 20.9. The lowest BCUT2D eigenvalue weighted by Gasteiger charge is -2.17. The van der Waals surface area contributed by atoms with Crippen molar-refractivity contribution >= 4 is 55.7 Å². The van der Waals surface area contributed by atoms with E-state index in [2.05, 4.69) is 25.6 Å². The number of fused-ring (bicyclic) bond motifs is 2. The summed E-state index contributed by atoms with van der Waals surface area (Å²) in [6.45, 7) is 6.17. The van der Waals surface area contributed by atoms with Crippen LogP contribution in [-0.2, 0) is 0 Å². The van der Waals surface area contributed by atoms with Gasteiger partial charge in [0.2, 0.25) is 0 Å². The molecule has 1 atom stereocenters. The van der Waals surface area contributed by atoms with Crippen molar-refractivity contribution < 1.29 is 4.74 Å². The lowest BCUT2D eigenvalue weighted by atomic mass is 10.0. The van der Waals surface area contributed by atoms with E-state index in [1.165, 1.54) is 31.6 Å². The molecule has 10 heteroatoms. The first-order valence-electron chi connectivity index (χ1n) is 11.9. The number of anilines is 2. The third kappa shape index (κ3) is 6.54. The van der Waals surface area contributed by atoms with Gasteiger partial charge in [-0.1, -0.05) is 13.8 Å². The Morgan fingerprint density at radius 1 is 1.19 bits per heavy atom. The Balaban J connectivity index is 0.000000342. The Labute approximate surface area is 215 Å². The van der Waals surface area contributed by atoms with Gasteiger partial charge in [-0.3, -0.25) is 0 Å². The number of hydrogen-bond donors (Lipinski definition) is 5.